The topological polar surface area (TPSA) is 32.3 Å². The quantitative estimate of drug-likeness (QED) is 0.917. The summed E-state index contributed by atoms with van der Waals surface area (Å²) >= 11 is 3.43. The summed E-state index contributed by atoms with van der Waals surface area (Å²) < 4.78 is 1.000. The minimum Gasteiger partial charge on any atom is -0.376 e. The average molecular weight is 345 g/mol. The number of benzene rings is 2. The Balaban J connectivity index is 1.71. The first-order valence-electron chi connectivity index (χ1n) is 7.04. The molecule has 21 heavy (non-hydrogen) atoms. The smallest absolute Gasteiger partial charge is 0.246 e. The molecule has 3 rings (SSSR count). The van der Waals surface area contributed by atoms with E-state index in [2.05, 4.69) is 34.2 Å². The highest BCUT2D eigenvalue weighted by atomic mass is 79.9. The normalized spacial score (nSPS) is 16.7. The van der Waals surface area contributed by atoms with E-state index < -0.39 is 0 Å². The van der Waals surface area contributed by atoms with Crippen LogP contribution < -0.4 is 10.2 Å². The van der Waals surface area contributed by atoms with Crippen molar-refractivity contribution in [2.24, 2.45) is 0 Å². The average Bonchev–Trinajstić information content (AvgIpc) is 2.81. The van der Waals surface area contributed by atoms with Crippen molar-refractivity contribution in [2.45, 2.75) is 19.4 Å². The van der Waals surface area contributed by atoms with Gasteiger partial charge in [-0.3, -0.25) is 4.79 Å². The van der Waals surface area contributed by atoms with E-state index in [4.69, 9.17) is 0 Å². The molecule has 0 spiro atoms. The summed E-state index contributed by atoms with van der Waals surface area (Å²) in [6.45, 7) is 2.39. The van der Waals surface area contributed by atoms with Crippen LogP contribution in [0.5, 0.6) is 0 Å². The lowest BCUT2D eigenvalue weighted by Crippen LogP contribution is -2.39. The molecule has 2 aromatic rings. The van der Waals surface area contributed by atoms with Gasteiger partial charge in [-0.05, 0) is 43.2 Å². The van der Waals surface area contributed by atoms with Crippen molar-refractivity contribution in [3.8, 4) is 0 Å². The molecule has 0 aliphatic carbocycles. The fourth-order valence-corrected chi connectivity index (χ4v) is 3.21. The summed E-state index contributed by atoms with van der Waals surface area (Å²) in [5.74, 6) is 0.104. The van der Waals surface area contributed by atoms with Crippen molar-refractivity contribution in [2.75, 3.05) is 16.8 Å². The van der Waals surface area contributed by atoms with Crippen molar-refractivity contribution in [1.82, 2.24) is 0 Å². The Kier molecular flexibility index (Phi) is 3.97. The maximum Gasteiger partial charge on any atom is 0.246 e. The van der Waals surface area contributed by atoms with Gasteiger partial charge in [-0.25, -0.2) is 0 Å². The molecule has 0 unspecified atom stereocenters. The summed E-state index contributed by atoms with van der Waals surface area (Å²) in [5, 5.41) is 3.19. The minimum absolute atomic E-state index is 0.104. The number of nitrogens with zero attached hydrogens (tertiary/aromatic N) is 1. The van der Waals surface area contributed by atoms with Gasteiger partial charge in [0.2, 0.25) is 5.91 Å². The molecular weight excluding hydrogens is 328 g/mol. The van der Waals surface area contributed by atoms with Gasteiger partial charge in [-0.1, -0.05) is 40.2 Å². The molecule has 1 atom stereocenters. The Morgan fingerprint density at radius 3 is 2.90 bits per heavy atom. The molecule has 1 aliphatic rings. The molecule has 0 saturated carbocycles. The van der Waals surface area contributed by atoms with Crippen molar-refractivity contribution in [3.05, 3.63) is 58.6 Å². The van der Waals surface area contributed by atoms with Crippen molar-refractivity contribution in [3.63, 3.8) is 0 Å². The number of carbonyl (C=O) groups is 1. The van der Waals surface area contributed by atoms with E-state index >= 15 is 0 Å². The van der Waals surface area contributed by atoms with Crippen LogP contribution in [0.15, 0.2) is 53.0 Å². The van der Waals surface area contributed by atoms with Crippen LogP contribution in [0.1, 0.15) is 12.5 Å². The number of nitrogens with one attached hydrogen (secondary N) is 1. The van der Waals surface area contributed by atoms with Crippen LogP contribution in [-0.2, 0) is 11.2 Å². The second kappa shape index (κ2) is 5.90. The van der Waals surface area contributed by atoms with Crippen molar-refractivity contribution in [1.29, 1.82) is 0 Å². The van der Waals surface area contributed by atoms with Gasteiger partial charge in [-0.15, -0.1) is 0 Å². The van der Waals surface area contributed by atoms with Crippen LogP contribution in [-0.4, -0.2) is 18.5 Å². The SMILES string of the molecule is C[C@@H]1Cc2ccccc2N1C(=O)CNc1cccc(Br)c1. The fourth-order valence-electron chi connectivity index (χ4n) is 2.81. The van der Waals surface area contributed by atoms with Gasteiger partial charge < -0.3 is 10.2 Å². The van der Waals surface area contributed by atoms with Gasteiger partial charge in [-0.2, -0.15) is 0 Å². The van der Waals surface area contributed by atoms with Gasteiger partial charge in [0, 0.05) is 21.9 Å². The number of hydrogen-bond acceptors (Lipinski definition) is 2. The Hall–Kier alpha value is -1.81. The minimum atomic E-state index is 0.104. The second-order valence-electron chi connectivity index (χ2n) is 5.31. The maximum atomic E-state index is 12.5. The Labute approximate surface area is 133 Å². The molecule has 0 bridgehead atoms. The molecule has 0 aromatic heterocycles. The first kappa shape index (κ1) is 14.1. The van der Waals surface area contributed by atoms with E-state index in [1.165, 1.54) is 5.56 Å². The summed E-state index contributed by atoms with van der Waals surface area (Å²) in [6, 6.07) is 16.2. The predicted molar refractivity (Wildman–Crippen MR) is 89.7 cm³/mol. The Bertz CT molecular complexity index is 671. The third kappa shape index (κ3) is 2.95. The molecule has 4 heteroatoms. The molecule has 1 amide bonds. The Morgan fingerprint density at radius 1 is 1.29 bits per heavy atom. The zero-order valence-corrected chi connectivity index (χ0v) is 13.4. The maximum absolute atomic E-state index is 12.5. The van der Waals surface area contributed by atoms with Gasteiger partial charge >= 0.3 is 0 Å². The van der Waals surface area contributed by atoms with Crippen LogP contribution in [0.25, 0.3) is 0 Å². The van der Waals surface area contributed by atoms with Crippen LogP contribution in [0.3, 0.4) is 0 Å². The molecule has 3 nitrogen and oxygen atoms in total. The predicted octanol–water partition coefficient (Wildman–Crippen LogP) is 3.84. The largest absolute Gasteiger partial charge is 0.376 e. The molecule has 1 aliphatic heterocycles. The summed E-state index contributed by atoms with van der Waals surface area (Å²) in [6.07, 6.45) is 0.929. The molecular formula is C17H17BrN2O. The number of hydrogen-bond donors (Lipinski definition) is 1. The zero-order valence-electron chi connectivity index (χ0n) is 11.8. The number of fused-ring (bicyclic) bond motifs is 1. The fraction of sp³-hybridized carbons (Fsp3) is 0.235. The first-order chi connectivity index (χ1) is 10.1. The third-order valence-electron chi connectivity index (χ3n) is 3.74. The molecule has 0 saturated heterocycles. The number of amides is 1. The lowest BCUT2D eigenvalue weighted by molar-refractivity contribution is -0.117. The monoisotopic (exact) mass is 344 g/mol. The number of rotatable bonds is 3. The summed E-state index contributed by atoms with van der Waals surface area (Å²) in [7, 11) is 0. The highest BCUT2D eigenvalue weighted by Crippen LogP contribution is 2.31. The van der Waals surface area contributed by atoms with E-state index in [0.717, 1.165) is 22.3 Å². The molecule has 1 N–H and O–H groups in total. The molecule has 2 aromatic carbocycles. The lowest BCUT2D eigenvalue weighted by Gasteiger charge is -2.23. The van der Waals surface area contributed by atoms with E-state index in [1.807, 2.05) is 47.4 Å². The van der Waals surface area contributed by atoms with Crippen LogP contribution in [0.2, 0.25) is 0 Å². The number of anilines is 2. The zero-order chi connectivity index (χ0) is 14.8. The molecule has 1 heterocycles. The van der Waals surface area contributed by atoms with Gasteiger partial charge in [0.25, 0.3) is 0 Å². The van der Waals surface area contributed by atoms with E-state index in [1.54, 1.807) is 0 Å². The molecule has 0 fully saturated rings. The van der Waals surface area contributed by atoms with Crippen molar-refractivity contribution < 1.29 is 4.79 Å². The number of halogens is 1. The van der Waals surface area contributed by atoms with Crippen LogP contribution in [0, 0.1) is 0 Å². The van der Waals surface area contributed by atoms with Crippen LogP contribution in [0.4, 0.5) is 11.4 Å². The Morgan fingerprint density at radius 2 is 2.10 bits per heavy atom. The van der Waals surface area contributed by atoms with E-state index in [-0.39, 0.29) is 11.9 Å². The highest BCUT2D eigenvalue weighted by molar-refractivity contribution is 9.10. The van der Waals surface area contributed by atoms with Gasteiger partial charge in [0.15, 0.2) is 0 Å². The van der Waals surface area contributed by atoms with Crippen molar-refractivity contribution >= 4 is 33.2 Å². The third-order valence-corrected chi connectivity index (χ3v) is 4.24. The lowest BCUT2D eigenvalue weighted by atomic mass is 10.1. The second-order valence-corrected chi connectivity index (χ2v) is 6.23. The summed E-state index contributed by atoms with van der Waals surface area (Å²) in [5.41, 5.74) is 3.24. The number of carbonyl (C=O) groups excluding carboxylic acids is 1. The molecule has 108 valence electrons. The highest BCUT2D eigenvalue weighted by Gasteiger charge is 2.29. The first-order valence-corrected chi connectivity index (χ1v) is 7.84. The van der Waals surface area contributed by atoms with E-state index in [9.17, 15) is 4.79 Å². The number of para-hydroxylation sites is 1. The standard InChI is InChI=1S/C17H17BrN2O/c1-12-9-13-5-2-3-8-16(13)20(12)17(21)11-19-15-7-4-6-14(18)10-15/h2-8,10,12,19H,9,11H2,1H3/t12-/m1/s1. The van der Waals surface area contributed by atoms with Gasteiger partial charge in [0.1, 0.15) is 0 Å². The van der Waals surface area contributed by atoms with Gasteiger partial charge in [0.05, 0.1) is 6.54 Å². The van der Waals surface area contributed by atoms with Crippen LogP contribution >= 0.6 is 15.9 Å². The summed E-state index contributed by atoms with van der Waals surface area (Å²) in [4.78, 5) is 14.4. The van der Waals surface area contributed by atoms with E-state index in [0.29, 0.717) is 6.54 Å². The molecule has 0 radical (unpaired) electrons.